The molecule has 0 spiro atoms. The van der Waals surface area contributed by atoms with Gasteiger partial charge < -0.3 is 15.5 Å². The number of amides is 1. The van der Waals surface area contributed by atoms with Gasteiger partial charge in [0.2, 0.25) is 5.91 Å². The Balaban J connectivity index is 3.81. The van der Waals surface area contributed by atoms with Gasteiger partial charge in [-0.3, -0.25) is 4.79 Å². The van der Waals surface area contributed by atoms with Crippen molar-refractivity contribution in [2.75, 3.05) is 6.61 Å². The van der Waals surface area contributed by atoms with Crippen LogP contribution in [0.1, 0.15) is 123 Å². The predicted molar refractivity (Wildman–Crippen MR) is 206 cm³/mol. The van der Waals surface area contributed by atoms with Crippen LogP contribution in [0, 0.1) is 0 Å². The fourth-order valence-electron chi connectivity index (χ4n) is 4.43. The average Bonchev–Trinajstić information content (AvgIpc) is 3.07. The third-order valence-corrected chi connectivity index (χ3v) is 7.17. The minimum atomic E-state index is -0.890. The molecule has 1 amide bonds. The van der Waals surface area contributed by atoms with Crippen LogP contribution in [0.2, 0.25) is 0 Å². The standard InChI is InChI=1S/C43H67NO3/c1-3-5-7-9-11-13-15-16-17-18-19-20-21-22-23-24-25-26-27-28-29-31-33-35-37-39-43(47)44-41(40-45)42(46)38-36-34-32-30-14-12-10-8-6-4-2/h5-8,11,13-14,16-17,19-20,22-23,25-26,28-30,36,38,41-42,45-46H,3-4,9-10,12,15,18,21,24,27,31-35,37,39-40H2,1-2H3,(H,44,47)/b7-5-,8-6+,13-11-,17-16-,20-19-,23-22-,26-25-,29-28-,30-14+,38-36+. The van der Waals surface area contributed by atoms with Crippen molar-refractivity contribution < 1.29 is 15.0 Å². The van der Waals surface area contributed by atoms with E-state index < -0.39 is 12.1 Å². The Labute approximate surface area is 288 Å². The molecule has 0 aliphatic heterocycles. The van der Waals surface area contributed by atoms with Gasteiger partial charge in [0.05, 0.1) is 18.8 Å². The Morgan fingerprint density at radius 1 is 0.511 bits per heavy atom. The summed E-state index contributed by atoms with van der Waals surface area (Å²) in [6, 6.07) is -0.670. The zero-order chi connectivity index (χ0) is 34.3. The van der Waals surface area contributed by atoms with E-state index in [1.54, 1.807) is 6.08 Å². The van der Waals surface area contributed by atoms with Crippen LogP contribution < -0.4 is 5.32 Å². The van der Waals surface area contributed by atoms with Crippen LogP contribution in [0.3, 0.4) is 0 Å². The highest BCUT2D eigenvalue weighted by Gasteiger charge is 2.17. The molecule has 0 saturated heterocycles. The molecule has 47 heavy (non-hydrogen) atoms. The third kappa shape index (κ3) is 34.0. The van der Waals surface area contributed by atoms with Crippen molar-refractivity contribution in [2.45, 2.75) is 135 Å². The molecule has 0 aromatic heterocycles. The second-order valence-corrected chi connectivity index (χ2v) is 11.5. The molecular formula is C43H67NO3. The van der Waals surface area contributed by atoms with Gasteiger partial charge in [-0.2, -0.15) is 0 Å². The monoisotopic (exact) mass is 646 g/mol. The van der Waals surface area contributed by atoms with Crippen LogP contribution in [-0.4, -0.2) is 34.9 Å². The molecule has 0 aromatic rings. The van der Waals surface area contributed by atoms with Crippen molar-refractivity contribution in [3.63, 3.8) is 0 Å². The maximum atomic E-state index is 12.3. The summed E-state index contributed by atoms with van der Waals surface area (Å²) in [6.45, 7) is 4.00. The summed E-state index contributed by atoms with van der Waals surface area (Å²) < 4.78 is 0. The highest BCUT2D eigenvalue weighted by molar-refractivity contribution is 5.76. The van der Waals surface area contributed by atoms with Gasteiger partial charge in [-0.1, -0.05) is 142 Å². The smallest absolute Gasteiger partial charge is 0.220 e. The van der Waals surface area contributed by atoms with E-state index in [1.165, 1.54) is 0 Å². The van der Waals surface area contributed by atoms with Crippen molar-refractivity contribution in [2.24, 2.45) is 0 Å². The Morgan fingerprint density at radius 2 is 0.894 bits per heavy atom. The number of carbonyl (C=O) groups excluding carboxylic acids is 1. The van der Waals surface area contributed by atoms with E-state index in [9.17, 15) is 15.0 Å². The first-order chi connectivity index (χ1) is 23.2. The zero-order valence-electron chi connectivity index (χ0n) is 29.7. The second kappa shape index (κ2) is 37.2. The average molecular weight is 646 g/mol. The molecule has 0 bridgehead atoms. The predicted octanol–water partition coefficient (Wildman–Crippen LogP) is 11.1. The Hall–Kier alpha value is -3.21. The molecule has 0 heterocycles. The molecule has 262 valence electrons. The maximum absolute atomic E-state index is 12.3. The van der Waals surface area contributed by atoms with Crippen LogP contribution in [0.4, 0.5) is 0 Å². The summed E-state index contributed by atoms with van der Waals surface area (Å²) in [5.74, 6) is -0.121. The Morgan fingerprint density at radius 3 is 1.36 bits per heavy atom. The van der Waals surface area contributed by atoms with Crippen molar-refractivity contribution >= 4 is 5.91 Å². The lowest BCUT2D eigenvalue weighted by molar-refractivity contribution is -0.123. The lowest BCUT2D eigenvalue weighted by Crippen LogP contribution is -2.45. The van der Waals surface area contributed by atoms with Crippen LogP contribution in [-0.2, 0) is 4.79 Å². The Kier molecular flexibility index (Phi) is 34.7. The first-order valence-corrected chi connectivity index (χ1v) is 18.2. The van der Waals surface area contributed by atoms with E-state index in [4.69, 9.17) is 0 Å². The number of hydrogen-bond donors (Lipinski definition) is 3. The first kappa shape index (κ1) is 43.8. The lowest BCUT2D eigenvalue weighted by Gasteiger charge is -2.19. The van der Waals surface area contributed by atoms with Gasteiger partial charge >= 0.3 is 0 Å². The molecule has 4 heteroatoms. The van der Waals surface area contributed by atoms with Crippen LogP contribution >= 0.6 is 0 Å². The molecule has 0 aliphatic rings. The van der Waals surface area contributed by atoms with Crippen molar-refractivity contribution in [3.8, 4) is 0 Å². The van der Waals surface area contributed by atoms with Crippen LogP contribution in [0.5, 0.6) is 0 Å². The Bertz CT molecular complexity index is 1010. The van der Waals surface area contributed by atoms with Gasteiger partial charge in [-0.05, 0) is 96.3 Å². The van der Waals surface area contributed by atoms with Gasteiger partial charge in [0.15, 0.2) is 0 Å². The molecule has 4 nitrogen and oxygen atoms in total. The summed E-state index contributed by atoms with van der Waals surface area (Å²) in [7, 11) is 0. The molecule has 0 rings (SSSR count). The number of unbranched alkanes of at least 4 members (excludes halogenated alkanes) is 5. The lowest BCUT2D eigenvalue weighted by atomic mass is 10.1. The molecule has 0 aromatic carbocycles. The maximum Gasteiger partial charge on any atom is 0.220 e. The second-order valence-electron chi connectivity index (χ2n) is 11.5. The van der Waals surface area contributed by atoms with E-state index in [1.807, 2.05) is 6.08 Å². The van der Waals surface area contributed by atoms with Gasteiger partial charge in [-0.15, -0.1) is 0 Å². The number of aliphatic hydroxyl groups excluding tert-OH is 2. The number of aliphatic hydroxyl groups is 2. The summed E-state index contributed by atoms with van der Waals surface area (Å²) in [6.07, 6.45) is 58.6. The van der Waals surface area contributed by atoms with Crippen LogP contribution in [0.25, 0.3) is 0 Å². The van der Waals surface area contributed by atoms with E-state index in [-0.39, 0.29) is 12.5 Å². The molecule has 2 unspecified atom stereocenters. The largest absolute Gasteiger partial charge is 0.394 e. The zero-order valence-corrected chi connectivity index (χ0v) is 29.7. The molecule has 0 fully saturated rings. The molecule has 0 saturated carbocycles. The van der Waals surface area contributed by atoms with Gasteiger partial charge in [0, 0.05) is 6.42 Å². The van der Waals surface area contributed by atoms with E-state index in [0.29, 0.717) is 6.42 Å². The molecule has 2 atom stereocenters. The first-order valence-electron chi connectivity index (χ1n) is 18.2. The SMILES string of the molecule is CC/C=C\C/C=C\C/C=C\C/C=C\C/C=C\C/C=C\C/C=C\CCCCCC(=O)NC(CO)C(O)/C=C/CC/C=C/CC/C=C/CC. The molecule has 0 aliphatic carbocycles. The number of allylic oxidation sites excluding steroid dienone is 19. The minimum absolute atomic E-state index is 0.121. The highest BCUT2D eigenvalue weighted by atomic mass is 16.3. The third-order valence-electron chi connectivity index (χ3n) is 7.17. The van der Waals surface area contributed by atoms with E-state index in [0.717, 1.165) is 103 Å². The quantitative estimate of drug-likeness (QED) is 0.0538. The van der Waals surface area contributed by atoms with Gasteiger partial charge in [0.1, 0.15) is 0 Å². The van der Waals surface area contributed by atoms with Crippen molar-refractivity contribution in [1.29, 1.82) is 0 Å². The fraction of sp³-hybridized carbons (Fsp3) is 0.512. The normalized spacial score (nSPS) is 14.6. The van der Waals surface area contributed by atoms with E-state index >= 15 is 0 Å². The topological polar surface area (TPSA) is 69.6 Å². The number of hydrogen-bond acceptors (Lipinski definition) is 3. The highest BCUT2D eigenvalue weighted by Crippen LogP contribution is 2.06. The minimum Gasteiger partial charge on any atom is -0.394 e. The van der Waals surface area contributed by atoms with Crippen molar-refractivity contribution in [3.05, 3.63) is 122 Å². The number of nitrogens with one attached hydrogen (secondary N) is 1. The fourth-order valence-corrected chi connectivity index (χ4v) is 4.43. The summed E-state index contributed by atoms with van der Waals surface area (Å²) in [4.78, 5) is 12.3. The molecular weight excluding hydrogens is 578 g/mol. The van der Waals surface area contributed by atoms with Crippen LogP contribution in [0.15, 0.2) is 122 Å². The molecule has 3 N–H and O–H groups in total. The number of carbonyl (C=O) groups is 1. The van der Waals surface area contributed by atoms with Gasteiger partial charge in [0.25, 0.3) is 0 Å². The van der Waals surface area contributed by atoms with E-state index in [2.05, 4.69) is 129 Å². The van der Waals surface area contributed by atoms with Crippen molar-refractivity contribution in [1.82, 2.24) is 5.32 Å². The summed E-state index contributed by atoms with van der Waals surface area (Å²) >= 11 is 0. The summed E-state index contributed by atoms with van der Waals surface area (Å²) in [5.41, 5.74) is 0. The van der Waals surface area contributed by atoms with Gasteiger partial charge in [-0.25, -0.2) is 0 Å². The number of rotatable bonds is 30. The summed E-state index contributed by atoms with van der Waals surface area (Å²) in [5, 5.41) is 22.7. The molecule has 0 radical (unpaired) electrons.